The van der Waals surface area contributed by atoms with Gasteiger partial charge in [0.05, 0.1) is 11.3 Å². The smallest absolute Gasteiger partial charge is 0.338 e. The van der Waals surface area contributed by atoms with Gasteiger partial charge in [-0.15, -0.1) is 0 Å². The van der Waals surface area contributed by atoms with Gasteiger partial charge in [-0.25, -0.2) is 9.48 Å². The molecule has 6 heteroatoms. The first-order valence-electron chi connectivity index (χ1n) is 8.68. The third kappa shape index (κ3) is 4.61. The van der Waals surface area contributed by atoms with Crippen LogP contribution >= 0.6 is 0 Å². The van der Waals surface area contributed by atoms with Crippen LogP contribution in [0.4, 0.5) is 0 Å². The van der Waals surface area contributed by atoms with Crippen molar-refractivity contribution in [1.82, 2.24) is 15.1 Å². The van der Waals surface area contributed by atoms with Gasteiger partial charge in [-0.3, -0.25) is 4.79 Å². The van der Waals surface area contributed by atoms with Gasteiger partial charge in [-0.05, 0) is 49.7 Å². The van der Waals surface area contributed by atoms with Gasteiger partial charge in [-0.1, -0.05) is 30.3 Å². The minimum atomic E-state index is -0.880. The summed E-state index contributed by atoms with van der Waals surface area (Å²) in [5.41, 5.74) is 3.21. The van der Waals surface area contributed by atoms with E-state index in [1.807, 2.05) is 43.3 Å². The van der Waals surface area contributed by atoms with Crippen LogP contribution in [0.3, 0.4) is 0 Å². The van der Waals surface area contributed by atoms with Crippen LogP contribution in [0.5, 0.6) is 0 Å². The predicted molar refractivity (Wildman–Crippen MR) is 101 cm³/mol. The fourth-order valence-corrected chi connectivity index (χ4v) is 2.59. The molecule has 1 heterocycles. The monoisotopic (exact) mass is 363 g/mol. The predicted octanol–water partition coefficient (Wildman–Crippen LogP) is 3.04. The molecule has 0 bridgehead atoms. The number of aryl methyl sites for hydroxylation is 1. The van der Waals surface area contributed by atoms with E-state index in [2.05, 4.69) is 10.4 Å². The molecule has 0 spiro atoms. The molecule has 0 aliphatic carbocycles. The van der Waals surface area contributed by atoms with E-state index in [9.17, 15) is 9.59 Å². The van der Waals surface area contributed by atoms with E-state index in [-0.39, 0.29) is 5.91 Å². The van der Waals surface area contributed by atoms with Gasteiger partial charge in [0.2, 0.25) is 0 Å². The van der Waals surface area contributed by atoms with Crippen molar-refractivity contribution < 1.29 is 14.3 Å². The number of amides is 1. The summed E-state index contributed by atoms with van der Waals surface area (Å²) < 4.78 is 7.04. The molecule has 27 heavy (non-hydrogen) atoms. The van der Waals surface area contributed by atoms with Crippen LogP contribution in [0.1, 0.15) is 28.5 Å². The largest absolute Gasteiger partial charge is 0.449 e. The molecule has 3 aromatic rings. The molecule has 1 atom stereocenters. The van der Waals surface area contributed by atoms with Gasteiger partial charge in [0, 0.05) is 18.4 Å². The van der Waals surface area contributed by atoms with Crippen molar-refractivity contribution in [2.75, 3.05) is 0 Å². The Kier molecular flexibility index (Phi) is 5.66. The summed E-state index contributed by atoms with van der Waals surface area (Å²) in [7, 11) is 0. The van der Waals surface area contributed by atoms with E-state index >= 15 is 0 Å². The zero-order chi connectivity index (χ0) is 19.2. The fraction of sp³-hybridized carbons (Fsp3) is 0.190. The number of ether oxygens (including phenoxy) is 1. The first kappa shape index (κ1) is 18.4. The number of aromatic nitrogens is 2. The van der Waals surface area contributed by atoms with Gasteiger partial charge < -0.3 is 10.1 Å². The van der Waals surface area contributed by atoms with Crippen molar-refractivity contribution in [2.24, 2.45) is 0 Å². The quantitative estimate of drug-likeness (QED) is 0.683. The molecule has 0 saturated heterocycles. The molecule has 0 fully saturated rings. The zero-order valence-electron chi connectivity index (χ0n) is 15.3. The number of esters is 1. The van der Waals surface area contributed by atoms with Crippen LogP contribution < -0.4 is 5.32 Å². The molecule has 0 aliphatic rings. The summed E-state index contributed by atoms with van der Waals surface area (Å²) >= 11 is 0. The van der Waals surface area contributed by atoms with Gasteiger partial charge in [0.1, 0.15) is 0 Å². The number of rotatable bonds is 6. The SMILES string of the molecule is Cc1ccnn1-c1ccc(C(=O)O[C@@H](C)C(=O)NCc2ccccc2)cc1. The second-order valence-corrected chi connectivity index (χ2v) is 6.18. The first-order valence-corrected chi connectivity index (χ1v) is 8.68. The maximum absolute atomic E-state index is 12.3. The Morgan fingerprint density at radius 2 is 1.78 bits per heavy atom. The lowest BCUT2D eigenvalue weighted by Crippen LogP contribution is -2.35. The zero-order valence-corrected chi connectivity index (χ0v) is 15.3. The molecule has 6 nitrogen and oxygen atoms in total. The van der Waals surface area contributed by atoms with E-state index < -0.39 is 12.1 Å². The number of nitrogens with zero attached hydrogens (tertiary/aromatic N) is 2. The van der Waals surface area contributed by atoms with E-state index in [4.69, 9.17) is 4.74 Å². The Labute approximate surface area is 157 Å². The van der Waals surface area contributed by atoms with Crippen molar-refractivity contribution in [2.45, 2.75) is 26.5 Å². The van der Waals surface area contributed by atoms with E-state index in [0.717, 1.165) is 16.9 Å². The fourth-order valence-electron chi connectivity index (χ4n) is 2.59. The van der Waals surface area contributed by atoms with E-state index in [1.165, 1.54) is 0 Å². The van der Waals surface area contributed by atoms with Gasteiger partial charge in [-0.2, -0.15) is 5.10 Å². The highest BCUT2D eigenvalue weighted by Crippen LogP contribution is 2.13. The van der Waals surface area contributed by atoms with Crippen molar-refractivity contribution in [3.05, 3.63) is 83.7 Å². The molecule has 2 aromatic carbocycles. The standard InChI is InChI=1S/C21H21N3O3/c1-15-12-13-23-24(15)19-10-8-18(9-11-19)21(26)27-16(2)20(25)22-14-17-6-4-3-5-7-17/h3-13,16H,14H2,1-2H3,(H,22,25)/t16-/m0/s1. The second kappa shape index (κ2) is 8.31. The van der Waals surface area contributed by atoms with Crippen LogP contribution in [0.2, 0.25) is 0 Å². The minimum absolute atomic E-state index is 0.337. The lowest BCUT2D eigenvalue weighted by atomic mass is 10.2. The second-order valence-electron chi connectivity index (χ2n) is 6.18. The van der Waals surface area contributed by atoms with Gasteiger partial charge in [0.25, 0.3) is 5.91 Å². The molecule has 1 aromatic heterocycles. The number of carbonyl (C=O) groups is 2. The van der Waals surface area contributed by atoms with Crippen molar-refractivity contribution in [1.29, 1.82) is 0 Å². The number of hydrogen-bond donors (Lipinski definition) is 1. The lowest BCUT2D eigenvalue weighted by molar-refractivity contribution is -0.129. The molecule has 0 unspecified atom stereocenters. The Hall–Kier alpha value is -3.41. The van der Waals surface area contributed by atoms with Crippen molar-refractivity contribution in [3.63, 3.8) is 0 Å². The molecular weight excluding hydrogens is 342 g/mol. The van der Waals surface area contributed by atoms with Crippen molar-refractivity contribution in [3.8, 4) is 5.69 Å². The van der Waals surface area contributed by atoms with Crippen LogP contribution in [0.15, 0.2) is 66.9 Å². The van der Waals surface area contributed by atoms with Crippen LogP contribution in [-0.4, -0.2) is 27.8 Å². The van der Waals surface area contributed by atoms with Gasteiger partial charge >= 0.3 is 5.97 Å². The molecule has 0 radical (unpaired) electrons. The molecular formula is C21H21N3O3. The van der Waals surface area contributed by atoms with Crippen LogP contribution in [-0.2, 0) is 16.1 Å². The number of nitrogens with one attached hydrogen (secondary N) is 1. The summed E-state index contributed by atoms with van der Waals surface area (Å²) in [6.07, 6.45) is 0.835. The molecule has 0 aliphatic heterocycles. The highest BCUT2D eigenvalue weighted by molar-refractivity contribution is 5.92. The summed E-state index contributed by atoms with van der Waals surface area (Å²) in [5, 5.41) is 6.99. The van der Waals surface area contributed by atoms with Gasteiger partial charge in [0.15, 0.2) is 6.10 Å². The summed E-state index contributed by atoms with van der Waals surface area (Å²) in [5.74, 6) is -0.878. The average molecular weight is 363 g/mol. The number of hydrogen-bond acceptors (Lipinski definition) is 4. The number of carbonyl (C=O) groups excluding carboxylic acids is 2. The highest BCUT2D eigenvalue weighted by Gasteiger charge is 2.18. The Bertz CT molecular complexity index is 917. The topological polar surface area (TPSA) is 73.2 Å². The molecule has 3 rings (SSSR count). The normalized spacial score (nSPS) is 11.6. The van der Waals surface area contributed by atoms with E-state index in [0.29, 0.717) is 12.1 Å². The third-order valence-corrected chi connectivity index (χ3v) is 4.14. The Morgan fingerprint density at radius 3 is 2.41 bits per heavy atom. The molecule has 0 saturated carbocycles. The summed E-state index contributed by atoms with van der Waals surface area (Å²) in [6, 6.07) is 18.3. The van der Waals surface area contributed by atoms with Crippen molar-refractivity contribution >= 4 is 11.9 Å². The van der Waals surface area contributed by atoms with Crippen LogP contribution in [0.25, 0.3) is 5.69 Å². The maximum atomic E-state index is 12.3. The first-order chi connectivity index (χ1) is 13.0. The third-order valence-electron chi connectivity index (χ3n) is 4.14. The highest BCUT2D eigenvalue weighted by atomic mass is 16.5. The molecule has 138 valence electrons. The van der Waals surface area contributed by atoms with Crippen LogP contribution in [0, 0.1) is 6.92 Å². The summed E-state index contributed by atoms with van der Waals surface area (Å²) in [4.78, 5) is 24.4. The summed E-state index contributed by atoms with van der Waals surface area (Å²) in [6.45, 7) is 3.89. The number of benzene rings is 2. The lowest BCUT2D eigenvalue weighted by Gasteiger charge is -2.14. The molecule has 1 N–H and O–H groups in total. The Balaban J connectivity index is 1.56. The maximum Gasteiger partial charge on any atom is 0.338 e. The molecule has 1 amide bonds. The van der Waals surface area contributed by atoms with E-state index in [1.54, 1.807) is 42.1 Å². The average Bonchev–Trinajstić information content (AvgIpc) is 3.12. The Morgan fingerprint density at radius 1 is 1.07 bits per heavy atom. The minimum Gasteiger partial charge on any atom is -0.449 e.